The Morgan fingerprint density at radius 1 is 1.47 bits per heavy atom. The smallest absolute Gasteiger partial charge is 0.328 e. The number of carbonyl (C=O) groups excluding carboxylic acids is 1. The van der Waals surface area contributed by atoms with Crippen molar-refractivity contribution < 1.29 is 13.9 Å². The summed E-state index contributed by atoms with van der Waals surface area (Å²) >= 11 is 3.10. The van der Waals surface area contributed by atoms with Crippen LogP contribution in [0, 0.1) is 5.82 Å². The lowest BCUT2D eigenvalue weighted by molar-refractivity contribution is -0.145. The molecule has 5 nitrogen and oxygen atoms in total. The molecule has 0 aliphatic heterocycles. The van der Waals surface area contributed by atoms with Crippen molar-refractivity contribution in [2.75, 3.05) is 5.73 Å². The number of nitrogens with two attached hydrogens (primary N) is 1. The molecule has 0 aliphatic carbocycles. The highest BCUT2D eigenvalue weighted by molar-refractivity contribution is 9.10. The van der Waals surface area contributed by atoms with Crippen molar-refractivity contribution in [1.82, 2.24) is 9.78 Å². The summed E-state index contributed by atoms with van der Waals surface area (Å²) in [4.78, 5) is 11.6. The maximum atomic E-state index is 13.2. The number of carbonyl (C=O) groups is 1. The van der Waals surface area contributed by atoms with Crippen LogP contribution in [0.4, 0.5) is 10.2 Å². The number of nitrogen functional groups attached to an aromatic ring is 1. The molecule has 2 N–H and O–H groups in total. The van der Waals surface area contributed by atoms with Crippen LogP contribution in [0.25, 0.3) is 0 Å². The molecule has 2 aromatic rings. The average molecular weight is 328 g/mol. The van der Waals surface area contributed by atoms with E-state index in [9.17, 15) is 9.18 Å². The molecule has 0 spiro atoms. The van der Waals surface area contributed by atoms with Crippen LogP contribution < -0.4 is 5.73 Å². The molecule has 1 aromatic carbocycles. The van der Waals surface area contributed by atoms with Crippen LogP contribution >= 0.6 is 15.9 Å². The van der Waals surface area contributed by atoms with Crippen molar-refractivity contribution in [3.05, 3.63) is 46.3 Å². The number of ether oxygens (including phenoxy) is 1. The largest absolute Gasteiger partial charge is 0.459 e. The van der Waals surface area contributed by atoms with Gasteiger partial charge < -0.3 is 10.5 Å². The zero-order valence-corrected chi connectivity index (χ0v) is 11.4. The molecule has 0 amide bonds. The van der Waals surface area contributed by atoms with E-state index in [0.717, 1.165) is 0 Å². The number of hydrogen-bond donors (Lipinski definition) is 1. The molecule has 19 heavy (non-hydrogen) atoms. The molecule has 0 saturated carbocycles. The molecule has 100 valence electrons. The Morgan fingerprint density at radius 2 is 2.26 bits per heavy atom. The average Bonchev–Trinajstić information content (AvgIpc) is 2.76. The third kappa shape index (κ3) is 3.54. The maximum Gasteiger partial charge on any atom is 0.328 e. The van der Waals surface area contributed by atoms with Gasteiger partial charge in [-0.1, -0.05) is 12.1 Å². The molecule has 0 fully saturated rings. The second kappa shape index (κ2) is 5.83. The molecule has 0 unspecified atom stereocenters. The van der Waals surface area contributed by atoms with Gasteiger partial charge in [0.05, 0.1) is 4.47 Å². The molecule has 0 atom stereocenters. The number of anilines is 1. The van der Waals surface area contributed by atoms with E-state index in [4.69, 9.17) is 10.5 Å². The highest BCUT2D eigenvalue weighted by Crippen LogP contribution is 2.21. The Labute approximate surface area is 117 Å². The van der Waals surface area contributed by atoms with E-state index in [1.165, 1.54) is 10.7 Å². The molecular weight excluding hydrogens is 317 g/mol. The second-order valence-corrected chi connectivity index (χ2v) is 4.60. The Hall–Kier alpha value is -1.89. The van der Waals surface area contributed by atoms with Gasteiger partial charge in [0.2, 0.25) is 0 Å². The number of nitrogens with zero attached hydrogens (tertiary/aromatic N) is 2. The summed E-state index contributed by atoms with van der Waals surface area (Å²) in [7, 11) is 0. The van der Waals surface area contributed by atoms with Crippen molar-refractivity contribution in [3.63, 3.8) is 0 Å². The maximum absolute atomic E-state index is 13.2. The minimum Gasteiger partial charge on any atom is -0.459 e. The molecule has 1 aromatic heterocycles. The quantitative estimate of drug-likeness (QED) is 0.873. The van der Waals surface area contributed by atoms with Crippen LogP contribution in [0.5, 0.6) is 0 Å². The molecule has 1 heterocycles. The topological polar surface area (TPSA) is 70.1 Å². The van der Waals surface area contributed by atoms with Crippen molar-refractivity contribution in [1.29, 1.82) is 0 Å². The van der Waals surface area contributed by atoms with Gasteiger partial charge in [0.25, 0.3) is 0 Å². The minimum absolute atomic E-state index is 0.00602. The first-order valence-corrected chi connectivity index (χ1v) is 6.23. The van der Waals surface area contributed by atoms with Crippen LogP contribution in [0.3, 0.4) is 0 Å². The molecular formula is C12H11BrFN3O2. The highest BCUT2D eigenvalue weighted by Gasteiger charge is 2.09. The molecule has 0 saturated heterocycles. The first kappa shape index (κ1) is 13.5. The van der Waals surface area contributed by atoms with E-state index >= 15 is 0 Å². The van der Waals surface area contributed by atoms with Gasteiger partial charge in [-0.25, -0.2) is 4.39 Å². The van der Waals surface area contributed by atoms with Gasteiger partial charge in [-0.3, -0.25) is 9.48 Å². The number of rotatable bonds is 4. The normalized spacial score (nSPS) is 10.4. The SMILES string of the molecule is Nc1ccn(CC(=O)OCc2cccc(F)c2Br)n1. The van der Waals surface area contributed by atoms with Crippen LogP contribution in [0.15, 0.2) is 34.9 Å². The lowest BCUT2D eigenvalue weighted by Crippen LogP contribution is -2.14. The Kier molecular flexibility index (Phi) is 4.16. The summed E-state index contributed by atoms with van der Waals surface area (Å²) in [6.07, 6.45) is 1.58. The summed E-state index contributed by atoms with van der Waals surface area (Å²) in [6, 6.07) is 6.13. The van der Waals surface area contributed by atoms with E-state index in [1.54, 1.807) is 24.4 Å². The molecule has 2 rings (SSSR count). The van der Waals surface area contributed by atoms with E-state index in [0.29, 0.717) is 15.9 Å². The number of esters is 1. The Bertz CT molecular complexity index is 600. The summed E-state index contributed by atoms with van der Waals surface area (Å²) in [6.45, 7) is -0.0436. The van der Waals surface area contributed by atoms with Crippen molar-refractivity contribution >= 4 is 27.7 Å². The summed E-state index contributed by atoms with van der Waals surface area (Å²) < 4.78 is 19.9. The Balaban J connectivity index is 1.91. The summed E-state index contributed by atoms with van der Waals surface area (Å²) in [5, 5.41) is 3.86. The third-order valence-corrected chi connectivity index (χ3v) is 3.26. The predicted molar refractivity (Wildman–Crippen MR) is 70.5 cm³/mol. The standard InChI is InChI=1S/C12H11BrFN3O2/c13-12-8(2-1-3-9(12)14)7-19-11(18)6-17-5-4-10(15)16-17/h1-5H,6-7H2,(H2,15,16). The van der Waals surface area contributed by atoms with E-state index < -0.39 is 11.8 Å². The summed E-state index contributed by atoms with van der Waals surface area (Å²) in [5.74, 6) is -0.534. The van der Waals surface area contributed by atoms with Crippen molar-refractivity contribution in [2.45, 2.75) is 13.2 Å². The van der Waals surface area contributed by atoms with E-state index in [2.05, 4.69) is 21.0 Å². The summed E-state index contributed by atoms with van der Waals surface area (Å²) in [5.41, 5.74) is 5.99. The molecule has 0 radical (unpaired) electrons. The van der Waals surface area contributed by atoms with Crippen LogP contribution in [-0.2, 0) is 22.7 Å². The van der Waals surface area contributed by atoms with E-state index in [1.807, 2.05) is 0 Å². The lowest BCUT2D eigenvalue weighted by atomic mass is 10.2. The number of aromatic nitrogens is 2. The fourth-order valence-corrected chi connectivity index (χ4v) is 1.84. The predicted octanol–water partition coefficient (Wildman–Crippen LogP) is 2.11. The number of hydrogen-bond acceptors (Lipinski definition) is 4. The molecule has 0 aliphatic rings. The third-order valence-electron chi connectivity index (χ3n) is 2.37. The van der Waals surface area contributed by atoms with Crippen molar-refractivity contribution in [3.8, 4) is 0 Å². The van der Waals surface area contributed by atoms with Crippen molar-refractivity contribution in [2.24, 2.45) is 0 Å². The van der Waals surface area contributed by atoms with Gasteiger partial charge in [-0.05, 0) is 28.1 Å². The first-order chi connectivity index (χ1) is 9.06. The molecule has 7 heteroatoms. The van der Waals surface area contributed by atoms with Gasteiger partial charge in [0.1, 0.15) is 24.8 Å². The van der Waals surface area contributed by atoms with Gasteiger partial charge in [0, 0.05) is 11.8 Å². The minimum atomic E-state index is -0.473. The highest BCUT2D eigenvalue weighted by atomic mass is 79.9. The van der Waals surface area contributed by atoms with Gasteiger partial charge >= 0.3 is 5.97 Å². The zero-order valence-electron chi connectivity index (χ0n) is 9.85. The Morgan fingerprint density at radius 3 is 2.95 bits per heavy atom. The fourth-order valence-electron chi connectivity index (χ4n) is 1.46. The molecule has 0 bridgehead atoms. The van der Waals surface area contributed by atoms with Gasteiger partial charge in [-0.15, -0.1) is 0 Å². The zero-order chi connectivity index (χ0) is 13.8. The second-order valence-electron chi connectivity index (χ2n) is 3.81. The first-order valence-electron chi connectivity index (χ1n) is 5.43. The lowest BCUT2D eigenvalue weighted by Gasteiger charge is -2.07. The monoisotopic (exact) mass is 327 g/mol. The van der Waals surface area contributed by atoms with Gasteiger partial charge in [0.15, 0.2) is 0 Å². The van der Waals surface area contributed by atoms with Crippen LogP contribution in [-0.4, -0.2) is 15.7 Å². The number of benzene rings is 1. The van der Waals surface area contributed by atoms with E-state index in [-0.39, 0.29) is 13.2 Å². The fraction of sp³-hybridized carbons (Fsp3) is 0.167. The number of halogens is 2. The van der Waals surface area contributed by atoms with Crippen LogP contribution in [0.2, 0.25) is 0 Å². The van der Waals surface area contributed by atoms with Crippen LogP contribution in [0.1, 0.15) is 5.56 Å². The van der Waals surface area contributed by atoms with Gasteiger partial charge in [-0.2, -0.15) is 5.10 Å².